The molecular weight excluding hydrogens is 192 g/mol. The molecule has 0 unspecified atom stereocenters. The van der Waals surface area contributed by atoms with E-state index < -0.39 is 0 Å². The fourth-order valence-corrected chi connectivity index (χ4v) is 1.36. The maximum atomic E-state index is 11.2. The number of aromatic nitrogens is 2. The third-order valence-corrected chi connectivity index (χ3v) is 2.08. The second-order valence-electron chi connectivity index (χ2n) is 2.10. The van der Waals surface area contributed by atoms with E-state index in [4.69, 9.17) is 5.73 Å². The van der Waals surface area contributed by atoms with E-state index in [0.29, 0.717) is 11.3 Å². The fraction of sp³-hybridized carbons (Fsp3) is 0.167. The standard InChI is InChI=1S/C6H8N4O2S/c1-13-3-4(8-2-11)9-6(7)10-5(3)12/h2H,1H3,(H4,7,8,9,10,11,12). The van der Waals surface area contributed by atoms with Gasteiger partial charge in [0, 0.05) is 0 Å². The Morgan fingerprint density at radius 1 is 1.69 bits per heavy atom. The number of amides is 1. The molecule has 1 rings (SSSR count). The number of carbonyl (C=O) groups excluding carboxylic acids is 1. The fourth-order valence-electron chi connectivity index (χ4n) is 0.823. The first-order valence-corrected chi connectivity index (χ1v) is 4.55. The summed E-state index contributed by atoms with van der Waals surface area (Å²) in [5.74, 6) is 0.163. The van der Waals surface area contributed by atoms with Crippen molar-refractivity contribution in [2.45, 2.75) is 4.90 Å². The molecule has 7 heteroatoms. The quantitative estimate of drug-likeness (QED) is 0.457. The number of nitrogen functional groups attached to an aromatic ring is 1. The number of anilines is 2. The second kappa shape index (κ2) is 3.94. The molecule has 0 aromatic carbocycles. The average Bonchev–Trinajstić information content (AvgIpc) is 2.04. The van der Waals surface area contributed by atoms with Crippen LogP contribution in [0.4, 0.5) is 11.8 Å². The van der Waals surface area contributed by atoms with E-state index in [0.717, 1.165) is 0 Å². The highest BCUT2D eigenvalue weighted by molar-refractivity contribution is 7.98. The molecule has 0 radical (unpaired) electrons. The number of hydrogen-bond acceptors (Lipinski definition) is 5. The zero-order valence-electron chi connectivity index (χ0n) is 6.83. The van der Waals surface area contributed by atoms with Gasteiger partial charge >= 0.3 is 0 Å². The summed E-state index contributed by atoms with van der Waals surface area (Å²) in [5.41, 5.74) is 4.92. The predicted octanol–water partition coefficient (Wildman–Crippen LogP) is -0.358. The number of H-pyrrole nitrogens is 1. The lowest BCUT2D eigenvalue weighted by Gasteiger charge is -2.03. The minimum Gasteiger partial charge on any atom is -0.369 e. The summed E-state index contributed by atoms with van der Waals surface area (Å²) in [5, 5.41) is 2.30. The molecule has 1 heterocycles. The van der Waals surface area contributed by atoms with Crippen LogP contribution >= 0.6 is 11.8 Å². The van der Waals surface area contributed by atoms with Gasteiger partial charge in [-0.3, -0.25) is 14.6 Å². The van der Waals surface area contributed by atoms with E-state index in [1.54, 1.807) is 6.26 Å². The number of carbonyl (C=O) groups is 1. The molecule has 0 bridgehead atoms. The highest BCUT2D eigenvalue weighted by atomic mass is 32.2. The SMILES string of the molecule is CSc1c(NC=O)nc(N)[nH]c1=O. The molecule has 0 spiro atoms. The van der Waals surface area contributed by atoms with Gasteiger partial charge in [0.05, 0.1) is 0 Å². The van der Waals surface area contributed by atoms with E-state index in [1.807, 2.05) is 0 Å². The molecule has 1 aromatic rings. The van der Waals surface area contributed by atoms with Crippen LogP contribution in [-0.2, 0) is 4.79 Å². The third-order valence-electron chi connectivity index (χ3n) is 1.29. The molecule has 1 amide bonds. The molecular formula is C6H8N4O2S. The average molecular weight is 200 g/mol. The minimum atomic E-state index is -0.357. The molecule has 0 saturated heterocycles. The van der Waals surface area contributed by atoms with Crippen molar-refractivity contribution in [2.75, 3.05) is 17.3 Å². The van der Waals surface area contributed by atoms with Crippen LogP contribution in [0.5, 0.6) is 0 Å². The van der Waals surface area contributed by atoms with Crippen LogP contribution in [-0.4, -0.2) is 22.6 Å². The topological polar surface area (TPSA) is 101 Å². The van der Waals surface area contributed by atoms with E-state index >= 15 is 0 Å². The largest absolute Gasteiger partial charge is 0.369 e. The van der Waals surface area contributed by atoms with Gasteiger partial charge in [0.1, 0.15) is 4.90 Å². The molecule has 0 atom stereocenters. The van der Waals surface area contributed by atoms with Gasteiger partial charge < -0.3 is 11.1 Å². The van der Waals surface area contributed by atoms with Crippen LogP contribution in [0.2, 0.25) is 0 Å². The van der Waals surface area contributed by atoms with Crippen molar-refractivity contribution in [1.82, 2.24) is 9.97 Å². The highest BCUT2D eigenvalue weighted by Crippen LogP contribution is 2.17. The smallest absolute Gasteiger partial charge is 0.268 e. The summed E-state index contributed by atoms with van der Waals surface area (Å²) in [6.45, 7) is 0. The van der Waals surface area contributed by atoms with E-state index in [-0.39, 0.29) is 17.3 Å². The summed E-state index contributed by atoms with van der Waals surface area (Å²) < 4.78 is 0. The molecule has 0 saturated carbocycles. The van der Waals surface area contributed by atoms with Gasteiger partial charge in [-0.25, -0.2) is 0 Å². The first-order valence-electron chi connectivity index (χ1n) is 3.33. The Hall–Kier alpha value is -1.50. The molecule has 13 heavy (non-hydrogen) atoms. The van der Waals surface area contributed by atoms with Crippen LogP contribution < -0.4 is 16.6 Å². The van der Waals surface area contributed by atoms with Crippen LogP contribution in [0, 0.1) is 0 Å². The zero-order valence-corrected chi connectivity index (χ0v) is 7.64. The minimum absolute atomic E-state index is 0.0212. The van der Waals surface area contributed by atoms with E-state index in [2.05, 4.69) is 15.3 Å². The summed E-state index contributed by atoms with van der Waals surface area (Å²) in [6.07, 6.45) is 2.15. The summed E-state index contributed by atoms with van der Waals surface area (Å²) in [6, 6.07) is 0. The molecule has 4 N–H and O–H groups in total. The number of thioether (sulfide) groups is 1. The normalized spacial score (nSPS) is 9.62. The van der Waals surface area contributed by atoms with Crippen molar-refractivity contribution in [3.63, 3.8) is 0 Å². The van der Waals surface area contributed by atoms with Crippen molar-refractivity contribution in [2.24, 2.45) is 0 Å². The van der Waals surface area contributed by atoms with Gasteiger partial charge in [-0.1, -0.05) is 0 Å². The van der Waals surface area contributed by atoms with Crippen LogP contribution in [0.15, 0.2) is 9.69 Å². The first kappa shape index (κ1) is 9.59. The number of aromatic amines is 1. The van der Waals surface area contributed by atoms with Crippen molar-refractivity contribution in [1.29, 1.82) is 0 Å². The molecule has 6 nitrogen and oxygen atoms in total. The van der Waals surface area contributed by atoms with Crippen LogP contribution in [0.1, 0.15) is 0 Å². The Morgan fingerprint density at radius 2 is 2.38 bits per heavy atom. The number of nitrogens with one attached hydrogen (secondary N) is 2. The first-order chi connectivity index (χ1) is 6.19. The van der Waals surface area contributed by atoms with Gasteiger partial charge in [-0.05, 0) is 6.26 Å². The molecule has 0 aliphatic heterocycles. The lowest BCUT2D eigenvalue weighted by Crippen LogP contribution is -2.16. The molecule has 0 aliphatic rings. The maximum absolute atomic E-state index is 11.2. The Balaban J connectivity index is 3.29. The Morgan fingerprint density at radius 3 is 2.92 bits per heavy atom. The van der Waals surface area contributed by atoms with Crippen LogP contribution in [0.3, 0.4) is 0 Å². The zero-order chi connectivity index (χ0) is 9.84. The molecule has 1 aromatic heterocycles. The lowest BCUT2D eigenvalue weighted by molar-refractivity contribution is -0.105. The molecule has 0 fully saturated rings. The number of rotatable bonds is 3. The highest BCUT2D eigenvalue weighted by Gasteiger charge is 2.07. The van der Waals surface area contributed by atoms with Crippen molar-refractivity contribution in [3.05, 3.63) is 10.4 Å². The number of hydrogen-bond donors (Lipinski definition) is 3. The number of nitrogens with two attached hydrogens (primary N) is 1. The Kier molecular flexibility index (Phi) is 2.91. The van der Waals surface area contributed by atoms with Gasteiger partial charge in [0.15, 0.2) is 5.82 Å². The monoisotopic (exact) mass is 200 g/mol. The van der Waals surface area contributed by atoms with E-state index in [9.17, 15) is 9.59 Å². The van der Waals surface area contributed by atoms with Crippen molar-refractivity contribution >= 4 is 29.9 Å². The lowest BCUT2D eigenvalue weighted by atomic mass is 10.5. The summed E-state index contributed by atoms with van der Waals surface area (Å²) in [7, 11) is 0. The summed E-state index contributed by atoms with van der Waals surface area (Å²) >= 11 is 1.19. The van der Waals surface area contributed by atoms with Gasteiger partial charge in [-0.2, -0.15) is 4.98 Å². The Bertz CT molecular complexity index is 375. The van der Waals surface area contributed by atoms with Crippen molar-refractivity contribution in [3.8, 4) is 0 Å². The summed E-state index contributed by atoms with van der Waals surface area (Å²) in [4.78, 5) is 27.8. The van der Waals surface area contributed by atoms with Crippen molar-refractivity contribution < 1.29 is 4.79 Å². The molecule has 0 aliphatic carbocycles. The van der Waals surface area contributed by atoms with E-state index in [1.165, 1.54) is 11.8 Å². The predicted molar refractivity (Wildman–Crippen MR) is 50.7 cm³/mol. The van der Waals surface area contributed by atoms with Gasteiger partial charge in [-0.15, -0.1) is 11.8 Å². The second-order valence-corrected chi connectivity index (χ2v) is 2.91. The van der Waals surface area contributed by atoms with Gasteiger partial charge in [0.2, 0.25) is 12.4 Å². The number of nitrogens with zero attached hydrogens (tertiary/aromatic N) is 1. The Labute approximate surface area is 77.9 Å². The van der Waals surface area contributed by atoms with Crippen LogP contribution in [0.25, 0.3) is 0 Å². The van der Waals surface area contributed by atoms with Gasteiger partial charge in [0.25, 0.3) is 5.56 Å². The molecule has 70 valence electrons. The maximum Gasteiger partial charge on any atom is 0.268 e. The third kappa shape index (κ3) is 2.00.